The Morgan fingerprint density at radius 2 is 1.84 bits per heavy atom. The molecule has 2 bridgehead atoms. The number of fused-ring (bicyclic) bond motifs is 3. The zero-order chi connectivity index (χ0) is 17.4. The van der Waals surface area contributed by atoms with Crippen molar-refractivity contribution < 1.29 is 0 Å². The van der Waals surface area contributed by atoms with Crippen molar-refractivity contribution >= 4 is 17.4 Å². The molecule has 25 heavy (non-hydrogen) atoms. The van der Waals surface area contributed by atoms with Crippen molar-refractivity contribution in [1.29, 1.82) is 0 Å². The molecule has 0 radical (unpaired) electrons. The molecule has 3 aliphatic heterocycles. The maximum Gasteiger partial charge on any atom is 0.0857 e. The van der Waals surface area contributed by atoms with E-state index >= 15 is 0 Å². The van der Waals surface area contributed by atoms with Crippen molar-refractivity contribution in [2.45, 2.75) is 88.9 Å². The summed E-state index contributed by atoms with van der Waals surface area (Å²) >= 11 is 2.02. The lowest BCUT2D eigenvalue weighted by Crippen LogP contribution is -2.57. The Bertz CT molecular complexity index is 573. The number of rotatable bonds is 6. The number of piperidine rings is 1. The highest BCUT2D eigenvalue weighted by atomic mass is 32.2. The largest absolute Gasteiger partial charge is 0.345 e. The van der Waals surface area contributed by atoms with Crippen molar-refractivity contribution in [1.82, 2.24) is 4.90 Å². The Kier molecular flexibility index (Phi) is 5.33. The van der Waals surface area contributed by atoms with Gasteiger partial charge in [-0.3, -0.25) is 4.90 Å². The maximum absolute atomic E-state index is 2.95. The molecule has 0 amide bonds. The molecule has 2 saturated heterocycles. The fraction of sp³-hybridized carbons (Fsp3) is 0.727. The highest BCUT2D eigenvalue weighted by Crippen LogP contribution is 2.47. The lowest BCUT2D eigenvalue weighted by molar-refractivity contribution is 0.0361. The summed E-state index contributed by atoms with van der Waals surface area (Å²) in [6, 6.07) is 10.7. The molecule has 1 aromatic rings. The van der Waals surface area contributed by atoms with Crippen LogP contribution in [-0.2, 0) is 0 Å². The minimum Gasteiger partial charge on any atom is -0.345 e. The average Bonchev–Trinajstić information content (AvgIpc) is 3.13. The van der Waals surface area contributed by atoms with E-state index in [0.717, 1.165) is 23.9 Å². The minimum absolute atomic E-state index is 0.570. The van der Waals surface area contributed by atoms with E-state index in [4.69, 9.17) is 0 Å². The third-order valence-corrected chi connectivity index (χ3v) is 7.67. The molecular formula is C22H34N2S. The van der Waals surface area contributed by atoms with Crippen LogP contribution in [0.4, 0.5) is 5.69 Å². The van der Waals surface area contributed by atoms with Crippen LogP contribution in [0, 0.1) is 11.8 Å². The Morgan fingerprint density at radius 1 is 1.12 bits per heavy atom. The van der Waals surface area contributed by atoms with Gasteiger partial charge in [-0.25, -0.2) is 0 Å². The molecule has 0 spiro atoms. The van der Waals surface area contributed by atoms with Crippen molar-refractivity contribution in [3.05, 3.63) is 24.3 Å². The van der Waals surface area contributed by atoms with Gasteiger partial charge in [0.15, 0.2) is 0 Å². The Labute approximate surface area is 158 Å². The van der Waals surface area contributed by atoms with Gasteiger partial charge in [-0.1, -0.05) is 52.2 Å². The predicted octanol–water partition coefficient (Wildman–Crippen LogP) is 5.97. The average molecular weight is 359 g/mol. The molecule has 0 aromatic heterocycles. The van der Waals surface area contributed by atoms with Gasteiger partial charge < -0.3 is 4.90 Å². The van der Waals surface area contributed by atoms with Gasteiger partial charge in [0.1, 0.15) is 0 Å². The summed E-state index contributed by atoms with van der Waals surface area (Å²) in [6.45, 7) is 7.19. The number of anilines is 1. The number of hydrogen-bond acceptors (Lipinski definition) is 3. The quantitative estimate of drug-likeness (QED) is 0.618. The number of para-hydroxylation sites is 1. The third kappa shape index (κ3) is 3.35. The molecule has 0 N–H and O–H groups in total. The molecule has 2 nitrogen and oxygen atoms in total. The summed E-state index contributed by atoms with van der Waals surface area (Å²) < 4.78 is 0. The summed E-state index contributed by atoms with van der Waals surface area (Å²) in [4.78, 5) is 7.14. The van der Waals surface area contributed by atoms with Gasteiger partial charge in [0.2, 0.25) is 0 Å². The highest BCUT2D eigenvalue weighted by Gasteiger charge is 2.46. The molecule has 3 heterocycles. The zero-order valence-electron chi connectivity index (χ0n) is 16.2. The predicted molar refractivity (Wildman–Crippen MR) is 109 cm³/mol. The number of benzene rings is 1. The van der Waals surface area contributed by atoms with Crippen LogP contribution in [0.1, 0.15) is 65.7 Å². The van der Waals surface area contributed by atoms with Crippen LogP contribution in [0.25, 0.3) is 0 Å². The molecule has 2 fully saturated rings. The molecule has 2 unspecified atom stereocenters. The van der Waals surface area contributed by atoms with Crippen LogP contribution in [-0.4, -0.2) is 29.0 Å². The smallest absolute Gasteiger partial charge is 0.0857 e. The summed E-state index contributed by atoms with van der Waals surface area (Å²) in [5.74, 6) is 2.78. The fourth-order valence-electron chi connectivity index (χ4n) is 5.60. The number of hydrogen-bond donors (Lipinski definition) is 0. The topological polar surface area (TPSA) is 6.48 Å². The van der Waals surface area contributed by atoms with Gasteiger partial charge in [0.25, 0.3) is 0 Å². The van der Waals surface area contributed by atoms with Crippen LogP contribution >= 0.6 is 11.8 Å². The molecule has 4 rings (SSSR count). The van der Waals surface area contributed by atoms with E-state index in [1.165, 1.54) is 55.5 Å². The van der Waals surface area contributed by atoms with Gasteiger partial charge in [0.05, 0.1) is 17.7 Å². The van der Waals surface area contributed by atoms with E-state index in [1.54, 1.807) is 0 Å². The zero-order valence-corrected chi connectivity index (χ0v) is 17.0. The van der Waals surface area contributed by atoms with Crippen LogP contribution in [0.5, 0.6) is 0 Å². The first-order valence-electron chi connectivity index (χ1n) is 10.4. The first-order valence-corrected chi connectivity index (χ1v) is 11.4. The number of unbranched alkanes of at least 4 members (excludes halogenated alkanes) is 1. The van der Waals surface area contributed by atoms with E-state index in [0.29, 0.717) is 12.1 Å². The van der Waals surface area contributed by atoms with Crippen LogP contribution in [0.15, 0.2) is 29.2 Å². The standard InChI is InChI=1S/C22H34N2S/c1-4-5-8-17-13-18-11-12-19(14-17)24(18)22(16(2)3)23-15-25-21-10-7-6-9-20(21)23/h6-7,9-10,16-19,22H,4-5,8,11-15H2,1-3H3/t17?,18-,19?,22-/m0/s1. The second kappa shape index (κ2) is 7.52. The second-order valence-corrected chi connectivity index (χ2v) is 9.67. The van der Waals surface area contributed by atoms with E-state index in [2.05, 4.69) is 54.8 Å². The first kappa shape index (κ1) is 17.7. The normalized spacial score (nSPS) is 30.1. The fourth-order valence-corrected chi connectivity index (χ4v) is 6.67. The van der Waals surface area contributed by atoms with Gasteiger partial charge in [-0.05, 0) is 49.7 Å². The minimum atomic E-state index is 0.570. The van der Waals surface area contributed by atoms with E-state index in [9.17, 15) is 0 Å². The van der Waals surface area contributed by atoms with Crippen molar-refractivity contribution in [3.63, 3.8) is 0 Å². The molecule has 3 heteroatoms. The van der Waals surface area contributed by atoms with Gasteiger partial charge in [0, 0.05) is 17.0 Å². The lowest BCUT2D eigenvalue weighted by Gasteiger charge is -2.49. The van der Waals surface area contributed by atoms with Gasteiger partial charge in [-0.15, -0.1) is 11.8 Å². The van der Waals surface area contributed by atoms with Crippen LogP contribution in [0.3, 0.4) is 0 Å². The molecule has 3 aliphatic rings. The van der Waals surface area contributed by atoms with E-state index in [-0.39, 0.29) is 0 Å². The molecule has 0 saturated carbocycles. The Balaban J connectivity index is 1.55. The maximum atomic E-state index is 2.95. The van der Waals surface area contributed by atoms with Crippen molar-refractivity contribution in [2.75, 3.05) is 10.8 Å². The lowest BCUT2D eigenvalue weighted by atomic mass is 9.85. The summed E-state index contributed by atoms with van der Waals surface area (Å²) in [7, 11) is 0. The van der Waals surface area contributed by atoms with E-state index < -0.39 is 0 Å². The SMILES string of the molecule is CCCCC1CC2CC[C@@H](C1)N2[C@@H](C(C)C)N1CSc2ccccc21. The first-order chi connectivity index (χ1) is 12.2. The molecule has 4 atom stereocenters. The number of thioether (sulfide) groups is 1. The van der Waals surface area contributed by atoms with Gasteiger partial charge >= 0.3 is 0 Å². The van der Waals surface area contributed by atoms with Crippen LogP contribution < -0.4 is 4.90 Å². The molecule has 1 aromatic carbocycles. The monoisotopic (exact) mass is 358 g/mol. The van der Waals surface area contributed by atoms with Crippen molar-refractivity contribution in [2.24, 2.45) is 11.8 Å². The van der Waals surface area contributed by atoms with Gasteiger partial charge in [-0.2, -0.15) is 0 Å². The Hall–Kier alpha value is -0.670. The number of nitrogens with zero attached hydrogens (tertiary/aromatic N) is 2. The highest BCUT2D eigenvalue weighted by molar-refractivity contribution is 7.99. The third-order valence-electron chi connectivity index (χ3n) is 6.61. The molecule has 138 valence electrons. The Morgan fingerprint density at radius 3 is 2.52 bits per heavy atom. The van der Waals surface area contributed by atoms with Crippen molar-refractivity contribution in [3.8, 4) is 0 Å². The second-order valence-electron chi connectivity index (χ2n) is 8.68. The molecule has 0 aliphatic carbocycles. The molecular weight excluding hydrogens is 324 g/mol. The van der Waals surface area contributed by atoms with E-state index in [1.807, 2.05) is 11.8 Å². The van der Waals surface area contributed by atoms with Crippen LogP contribution in [0.2, 0.25) is 0 Å². The summed E-state index contributed by atoms with van der Waals surface area (Å²) in [5, 5.41) is 0. The summed E-state index contributed by atoms with van der Waals surface area (Å²) in [5.41, 5.74) is 1.47. The summed E-state index contributed by atoms with van der Waals surface area (Å²) in [6.07, 6.45) is 10.6.